The first-order chi connectivity index (χ1) is 15.8. The summed E-state index contributed by atoms with van der Waals surface area (Å²) in [6, 6.07) is 17.2. The number of aryl methyl sites for hydroxylation is 2. The van der Waals surface area contributed by atoms with E-state index in [1.165, 1.54) is 31.4 Å². The number of carbonyl (C=O) groups is 1. The monoisotopic (exact) mass is 508 g/mol. The van der Waals surface area contributed by atoms with Crippen molar-refractivity contribution in [3.63, 3.8) is 0 Å². The zero-order valence-electron chi connectivity index (χ0n) is 18.4. The van der Waals surface area contributed by atoms with Crippen LogP contribution in [0.3, 0.4) is 0 Å². The molecule has 0 heterocycles. The molecule has 33 heavy (non-hydrogen) atoms. The summed E-state index contributed by atoms with van der Waals surface area (Å²) < 4.78 is 25.9. The topological polar surface area (TPSA) is 71.3 Å². The van der Waals surface area contributed by atoms with E-state index in [0.717, 1.165) is 16.7 Å². The van der Waals surface area contributed by atoms with E-state index in [1.54, 1.807) is 18.2 Å². The number of hydrogen-bond donors (Lipinski definition) is 1. The van der Waals surface area contributed by atoms with Crippen LogP contribution in [0.1, 0.15) is 22.3 Å². The third-order valence-corrected chi connectivity index (χ3v) is 5.30. The maximum atomic E-state index is 13.8. The van der Waals surface area contributed by atoms with Gasteiger partial charge in [-0.15, -0.1) is 0 Å². The first-order valence-corrected chi connectivity index (χ1v) is 10.8. The van der Waals surface area contributed by atoms with Crippen molar-refractivity contribution in [3.8, 4) is 17.6 Å². The number of amides is 1. The van der Waals surface area contributed by atoms with E-state index in [2.05, 4.69) is 39.4 Å². The minimum Gasteiger partial charge on any atom is -0.493 e. The lowest BCUT2D eigenvalue weighted by molar-refractivity contribution is -0.112. The third-order valence-electron chi connectivity index (χ3n) is 4.71. The summed E-state index contributed by atoms with van der Waals surface area (Å²) in [5.41, 5.74) is 3.68. The van der Waals surface area contributed by atoms with Crippen LogP contribution < -0.4 is 14.8 Å². The van der Waals surface area contributed by atoms with Crippen molar-refractivity contribution in [2.75, 3.05) is 12.4 Å². The molecular weight excluding hydrogens is 487 g/mol. The molecule has 0 spiro atoms. The standard InChI is InChI=1S/C26H22BrFN2O3/c1-16-8-17(2)10-19(9-16)15-33-25-21(27)12-18(13-24(25)32-3)11-20(14-29)26(31)30-23-7-5-4-6-22(23)28/h4-13H,15H2,1-3H3,(H,30,31)/b20-11+. The highest BCUT2D eigenvalue weighted by Gasteiger charge is 2.15. The average molecular weight is 509 g/mol. The van der Waals surface area contributed by atoms with Gasteiger partial charge in [-0.05, 0) is 71.2 Å². The lowest BCUT2D eigenvalue weighted by atomic mass is 10.1. The molecular formula is C26H22BrFN2O3. The van der Waals surface area contributed by atoms with E-state index < -0.39 is 11.7 Å². The number of halogens is 2. The van der Waals surface area contributed by atoms with Gasteiger partial charge in [0.2, 0.25) is 0 Å². The van der Waals surface area contributed by atoms with E-state index >= 15 is 0 Å². The number of anilines is 1. The van der Waals surface area contributed by atoms with Gasteiger partial charge in [-0.25, -0.2) is 4.39 Å². The molecule has 0 atom stereocenters. The Morgan fingerprint density at radius 3 is 2.48 bits per heavy atom. The fourth-order valence-corrected chi connectivity index (χ4v) is 3.91. The lowest BCUT2D eigenvalue weighted by Gasteiger charge is -2.14. The quantitative estimate of drug-likeness (QED) is 0.298. The van der Waals surface area contributed by atoms with Crippen molar-refractivity contribution in [3.05, 3.63) is 92.7 Å². The molecule has 0 saturated heterocycles. The van der Waals surface area contributed by atoms with Gasteiger partial charge in [0.25, 0.3) is 5.91 Å². The normalized spacial score (nSPS) is 11.0. The molecule has 0 aromatic heterocycles. The van der Waals surface area contributed by atoms with Gasteiger partial charge in [0.15, 0.2) is 11.5 Å². The van der Waals surface area contributed by atoms with Gasteiger partial charge in [0, 0.05) is 0 Å². The molecule has 0 unspecified atom stereocenters. The highest BCUT2D eigenvalue weighted by molar-refractivity contribution is 9.10. The summed E-state index contributed by atoms with van der Waals surface area (Å²) in [5, 5.41) is 11.9. The van der Waals surface area contributed by atoms with Crippen LogP contribution in [-0.2, 0) is 11.4 Å². The molecule has 0 aliphatic rings. The average Bonchev–Trinajstić information content (AvgIpc) is 2.77. The Kier molecular flexibility index (Phi) is 7.86. The van der Waals surface area contributed by atoms with Crippen LogP contribution in [-0.4, -0.2) is 13.0 Å². The molecule has 0 bridgehead atoms. The molecule has 3 aromatic carbocycles. The Bertz CT molecular complexity index is 1240. The van der Waals surface area contributed by atoms with Crippen LogP contribution in [0.15, 0.2) is 64.6 Å². The SMILES string of the molecule is COc1cc(/C=C(\C#N)C(=O)Nc2ccccc2F)cc(Br)c1OCc1cc(C)cc(C)c1. The van der Waals surface area contributed by atoms with Crippen LogP contribution in [0.5, 0.6) is 11.5 Å². The second kappa shape index (κ2) is 10.8. The number of benzene rings is 3. The van der Waals surface area contributed by atoms with Crippen LogP contribution >= 0.6 is 15.9 Å². The molecule has 7 heteroatoms. The van der Waals surface area contributed by atoms with E-state index in [1.807, 2.05) is 19.9 Å². The smallest absolute Gasteiger partial charge is 0.266 e. The predicted molar refractivity (Wildman–Crippen MR) is 130 cm³/mol. The number of nitrogens with zero attached hydrogens (tertiary/aromatic N) is 1. The number of nitrogens with one attached hydrogen (secondary N) is 1. The van der Waals surface area contributed by atoms with E-state index in [9.17, 15) is 14.4 Å². The van der Waals surface area contributed by atoms with Crippen molar-refractivity contribution in [2.24, 2.45) is 0 Å². The maximum absolute atomic E-state index is 13.8. The Labute approximate surface area is 200 Å². The number of ether oxygens (including phenoxy) is 2. The first-order valence-electron chi connectivity index (χ1n) is 10.1. The number of para-hydroxylation sites is 1. The summed E-state index contributed by atoms with van der Waals surface area (Å²) in [6.45, 7) is 4.41. The van der Waals surface area contributed by atoms with Gasteiger partial charge in [-0.1, -0.05) is 41.5 Å². The van der Waals surface area contributed by atoms with Crippen molar-refractivity contribution < 1.29 is 18.7 Å². The second-order valence-electron chi connectivity index (χ2n) is 7.42. The van der Waals surface area contributed by atoms with Crippen LogP contribution in [0, 0.1) is 31.0 Å². The number of carbonyl (C=O) groups excluding carboxylic acids is 1. The highest BCUT2D eigenvalue weighted by Crippen LogP contribution is 2.38. The van der Waals surface area contributed by atoms with Gasteiger partial charge >= 0.3 is 0 Å². The van der Waals surface area contributed by atoms with Gasteiger partial charge in [0.1, 0.15) is 24.1 Å². The van der Waals surface area contributed by atoms with Gasteiger partial charge in [-0.2, -0.15) is 5.26 Å². The molecule has 3 aromatic rings. The van der Waals surface area contributed by atoms with Crippen LogP contribution in [0.25, 0.3) is 6.08 Å². The molecule has 0 saturated carbocycles. The molecule has 0 aliphatic carbocycles. The molecule has 0 fully saturated rings. The number of hydrogen-bond acceptors (Lipinski definition) is 4. The molecule has 0 aliphatic heterocycles. The Hall–Kier alpha value is -3.63. The van der Waals surface area contributed by atoms with Crippen molar-refractivity contribution >= 4 is 33.6 Å². The number of rotatable bonds is 7. The Morgan fingerprint density at radius 2 is 1.85 bits per heavy atom. The summed E-state index contributed by atoms with van der Waals surface area (Å²) in [7, 11) is 1.51. The first kappa shape index (κ1) is 24.0. The summed E-state index contributed by atoms with van der Waals surface area (Å²) in [4.78, 5) is 12.5. The van der Waals surface area contributed by atoms with Crippen molar-refractivity contribution in [1.82, 2.24) is 0 Å². The molecule has 168 valence electrons. The van der Waals surface area contributed by atoms with Crippen molar-refractivity contribution in [1.29, 1.82) is 5.26 Å². The minimum absolute atomic E-state index is 0.00227. The van der Waals surface area contributed by atoms with E-state index in [4.69, 9.17) is 9.47 Å². The summed E-state index contributed by atoms with van der Waals surface area (Å²) in [6.07, 6.45) is 1.40. The van der Waals surface area contributed by atoms with Crippen LogP contribution in [0.2, 0.25) is 0 Å². The molecule has 5 nitrogen and oxygen atoms in total. The predicted octanol–water partition coefficient (Wildman–Crippen LogP) is 6.34. The Morgan fingerprint density at radius 1 is 1.15 bits per heavy atom. The van der Waals surface area contributed by atoms with E-state index in [-0.39, 0.29) is 11.3 Å². The second-order valence-corrected chi connectivity index (χ2v) is 8.28. The lowest BCUT2D eigenvalue weighted by Crippen LogP contribution is -2.14. The third kappa shape index (κ3) is 6.21. The highest BCUT2D eigenvalue weighted by atomic mass is 79.9. The zero-order chi connectivity index (χ0) is 24.0. The maximum Gasteiger partial charge on any atom is 0.266 e. The molecule has 1 N–H and O–H groups in total. The van der Waals surface area contributed by atoms with Gasteiger partial charge in [0.05, 0.1) is 17.3 Å². The number of methoxy groups -OCH3 is 1. The molecule has 0 radical (unpaired) electrons. The minimum atomic E-state index is -0.715. The van der Waals surface area contributed by atoms with Crippen LogP contribution in [0.4, 0.5) is 10.1 Å². The fourth-order valence-electron chi connectivity index (χ4n) is 3.34. The molecule has 3 rings (SSSR count). The summed E-state index contributed by atoms with van der Waals surface area (Å²) in [5.74, 6) is -0.361. The summed E-state index contributed by atoms with van der Waals surface area (Å²) >= 11 is 3.49. The van der Waals surface area contributed by atoms with Crippen molar-refractivity contribution in [2.45, 2.75) is 20.5 Å². The number of nitriles is 1. The molecule has 1 amide bonds. The fraction of sp³-hybridized carbons (Fsp3) is 0.154. The zero-order valence-corrected chi connectivity index (χ0v) is 20.0. The Balaban J connectivity index is 1.84. The largest absolute Gasteiger partial charge is 0.493 e. The van der Waals surface area contributed by atoms with Gasteiger partial charge in [-0.3, -0.25) is 4.79 Å². The van der Waals surface area contributed by atoms with Gasteiger partial charge < -0.3 is 14.8 Å². The van der Waals surface area contributed by atoms with E-state index in [0.29, 0.717) is 28.1 Å².